The summed E-state index contributed by atoms with van der Waals surface area (Å²) >= 11 is 24.8. The molecule has 0 aromatic heterocycles. The molecule has 9 heteroatoms. The molecule has 1 saturated carbocycles. The number of rotatable bonds is 1. The van der Waals surface area contributed by atoms with E-state index in [1.54, 1.807) is 11.0 Å². The fraction of sp³-hybridized carbons (Fsp3) is 0.429. The van der Waals surface area contributed by atoms with Crippen molar-refractivity contribution in [3.63, 3.8) is 0 Å². The lowest BCUT2D eigenvalue weighted by Crippen LogP contribution is -2.58. The Labute approximate surface area is 154 Å². The molecule has 1 aromatic carbocycles. The number of aliphatic imine (C=N–C) groups is 2. The second-order valence-electron chi connectivity index (χ2n) is 5.64. The van der Waals surface area contributed by atoms with E-state index in [9.17, 15) is 0 Å². The van der Waals surface area contributed by atoms with Crippen molar-refractivity contribution in [2.24, 2.45) is 21.5 Å². The lowest BCUT2D eigenvalue weighted by Gasteiger charge is -2.46. The van der Waals surface area contributed by atoms with Gasteiger partial charge in [0.25, 0.3) is 0 Å². The number of nitrogens with zero attached hydrogens (tertiary/aromatic N) is 3. The summed E-state index contributed by atoms with van der Waals surface area (Å²) in [6, 6.07) is 1.63. The van der Waals surface area contributed by atoms with E-state index in [1.165, 1.54) is 0 Å². The third kappa shape index (κ3) is 2.84. The normalized spacial score (nSPS) is 20.4. The van der Waals surface area contributed by atoms with Crippen LogP contribution in [0, 0.1) is 0 Å². The van der Waals surface area contributed by atoms with Gasteiger partial charge in [0.2, 0.25) is 11.9 Å². The van der Waals surface area contributed by atoms with Crippen LogP contribution in [0.2, 0.25) is 20.1 Å². The van der Waals surface area contributed by atoms with Gasteiger partial charge in [-0.1, -0.05) is 52.8 Å². The maximum absolute atomic E-state index is 6.40. The Morgan fingerprint density at radius 3 is 2.26 bits per heavy atom. The van der Waals surface area contributed by atoms with Crippen molar-refractivity contribution in [3.05, 3.63) is 26.2 Å². The van der Waals surface area contributed by atoms with E-state index in [1.807, 2.05) is 0 Å². The Balaban J connectivity index is 2.18. The van der Waals surface area contributed by atoms with E-state index < -0.39 is 5.66 Å². The molecular weight excluding hydrogens is 380 g/mol. The van der Waals surface area contributed by atoms with Crippen molar-refractivity contribution in [1.29, 1.82) is 0 Å². The molecule has 2 aliphatic rings. The fourth-order valence-electron chi connectivity index (χ4n) is 3.19. The van der Waals surface area contributed by atoms with Gasteiger partial charge in [0.1, 0.15) is 5.66 Å². The summed E-state index contributed by atoms with van der Waals surface area (Å²) < 4.78 is 0. The zero-order valence-corrected chi connectivity index (χ0v) is 15.1. The molecule has 1 fully saturated rings. The quantitative estimate of drug-likeness (QED) is 0.546. The summed E-state index contributed by atoms with van der Waals surface area (Å²) in [5.41, 5.74) is 11.9. The van der Waals surface area contributed by atoms with Crippen molar-refractivity contribution >= 4 is 64.0 Å². The predicted molar refractivity (Wildman–Crippen MR) is 98.0 cm³/mol. The summed E-state index contributed by atoms with van der Waals surface area (Å²) in [7, 11) is 0. The molecule has 1 aliphatic carbocycles. The van der Waals surface area contributed by atoms with E-state index in [4.69, 9.17) is 57.9 Å². The molecule has 0 unspecified atom stereocenters. The molecule has 1 heterocycles. The molecule has 5 nitrogen and oxygen atoms in total. The molecule has 0 atom stereocenters. The molecule has 0 amide bonds. The van der Waals surface area contributed by atoms with Gasteiger partial charge in [-0.3, -0.25) is 4.90 Å². The van der Waals surface area contributed by atoms with Gasteiger partial charge in [0.05, 0.1) is 25.8 Å². The fourth-order valence-corrected chi connectivity index (χ4v) is 4.07. The number of hydrogen-bond acceptors (Lipinski definition) is 5. The van der Waals surface area contributed by atoms with Crippen LogP contribution in [-0.4, -0.2) is 17.6 Å². The predicted octanol–water partition coefficient (Wildman–Crippen LogP) is 4.41. The van der Waals surface area contributed by atoms with Crippen molar-refractivity contribution in [3.8, 4) is 0 Å². The van der Waals surface area contributed by atoms with Crippen LogP contribution >= 0.6 is 46.4 Å². The molecular formula is C14H15Cl4N5. The highest BCUT2D eigenvalue weighted by Crippen LogP contribution is 2.47. The van der Waals surface area contributed by atoms with Crippen molar-refractivity contribution in [1.82, 2.24) is 0 Å². The Kier molecular flexibility index (Phi) is 4.58. The van der Waals surface area contributed by atoms with E-state index in [2.05, 4.69) is 9.98 Å². The van der Waals surface area contributed by atoms with Gasteiger partial charge in [-0.15, -0.1) is 0 Å². The first kappa shape index (κ1) is 17.0. The lowest BCUT2D eigenvalue weighted by molar-refractivity contribution is 0.305. The zero-order chi connectivity index (χ0) is 16.8. The molecule has 1 aromatic rings. The van der Waals surface area contributed by atoms with E-state index in [0.717, 1.165) is 32.1 Å². The van der Waals surface area contributed by atoms with E-state index in [0.29, 0.717) is 5.69 Å². The summed E-state index contributed by atoms with van der Waals surface area (Å²) in [4.78, 5) is 10.4. The Hall–Kier alpha value is -0.880. The maximum Gasteiger partial charge on any atom is 0.220 e. The van der Waals surface area contributed by atoms with Gasteiger partial charge in [-0.05, 0) is 31.7 Å². The highest BCUT2D eigenvalue weighted by molar-refractivity contribution is 6.53. The first-order valence-electron chi connectivity index (χ1n) is 7.18. The average Bonchev–Trinajstić information content (AvgIpc) is 2.50. The van der Waals surface area contributed by atoms with Gasteiger partial charge >= 0.3 is 0 Å². The third-order valence-electron chi connectivity index (χ3n) is 4.18. The standard InChI is InChI=1S/C14H15Cl4N5/c15-7-6-8(10(17)11(18)9(7)16)23-13(20)21-12(19)22-14(23)4-2-1-3-5-14/h6H,1-5H2,(H4,19,20,21,22). The minimum absolute atomic E-state index is 0.169. The van der Waals surface area contributed by atoms with Crippen LogP contribution < -0.4 is 16.4 Å². The maximum atomic E-state index is 6.40. The summed E-state index contributed by atoms with van der Waals surface area (Å²) in [6.07, 6.45) is 4.73. The van der Waals surface area contributed by atoms with Crippen LogP contribution in [-0.2, 0) is 0 Å². The topological polar surface area (TPSA) is 80.0 Å². The SMILES string of the molecule is NC1=NC2(CCCCC2)N(c2cc(Cl)c(Cl)c(Cl)c2Cl)C(N)=N1. The van der Waals surface area contributed by atoms with Gasteiger partial charge in [-0.25, -0.2) is 4.99 Å². The molecule has 0 radical (unpaired) electrons. The Morgan fingerprint density at radius 2 is 1.61 bits per heavy atom. The lowest BCUT2D eigenvalue weighted by atomic mass is 9.87. The largest absolute Gasteiger partial charge is 0.369 e. The van der Waals surface area contributed by atoms with Crippen LogP contribution in [0.3, 0.4) is 0 Å². The molecule has 1 spiro atoms. The first-order valence-corrected chi connectivity index (χ1v) is 8.69. The molecule has 3 rings (SSSR count). The third-order valence-corrected chi connectivity index (χ3v) is 5.92. The summed E-state index contributed by atoms with van der Waals surface area (Å²) in [5.74, 6) is 0.388. The molecule has 4 N–H and O–H groups in total. The zero-order valence-electron chi connectivity index (χ0n) is 12.1. The van der Waals surface area contributed by atoms with Gasteiger partial charge in [-0.2, -0.15) is 4.99 Å². The van der Waals surface area contributed by atoms with Crippen LogP contribution in [0.1, 0.15) is 32.1 Å². The Bertz CT molecular complexity index is 710. The van der Waals surface area contributed by atoms with Crippen LogP contribution in [0.15, 0.2) is 16.1 Å². The average molecular weight is 395 g/mol. The van der Waals surface area contributed by atoms with Crippen LogP contribution in [0.25, 0.3) is 0 Å². The summed E-state index contributed by atoms with van der Waals surface area (Å²) in [6.45, 7) is 0. The van der Waals surface area contributed by atoms with Crippen LogP contribution in [0.5, 0.6) is 0 Å². The van der Waals surface area contributed by atoms with E-state index in [-0.39, 0.29) is 32.0 Å². The van der Waals surface area contributed by atoms with Crippen molar-refractivity contribution in [2.45, 2.75) is 37.8 Å². The smallest absolute Gasteiger partial charge is 0.220 e. The van der Waals surface area contributed by atoms with Crippen molar-refractivity contribution in [2.75, 3.05) is 4.90 Å². The molecule has 124 valence electrons. The highest BCUT2D eigenvalue weighted by Gasteiger charge is 2.43. The second kappa shape index (κ2) is 6.20. The molecule has 23 heavy (non-hydrogen) atoms. The van der Waals surface area contributed by atoms with Crippen molar-refractivity contribution < 1.29 is 0 Å². The van der Waals surface area contributed by atoms with Crippen LogP contribution in [0.4, 0.5) is 5.69 Å². The first-order chi connectivity index (χ1) is 10.9. The molecule has 1 aliphatic heterocycles. The number of guanidine groups is 2. The minimum Gasteiger partial charge on any atom is -0.369 e. The molecule has 0 bridgehead atoms. The summed E-state index contributed by atoms with van der Waals surface area (Å²) in [5, 5.41) is 0.935. The monoisotopic (exact) mass is 393 g/mol. The highest BCUT2D eigenvalue weighted by atomic mass is 35.5. The number of halogens is 4. The molecule has 0 saturated heterocycles. The number of nitrogens with two attached hydrogens (primary N) is 2. The Morgan fingerprint density at radius 1 is 0.957 bits per heavy atom. The number of anilines is 1. The van der Waals surface area contributed by atoms with Gasteiger partial charge in [0.15, 0.2) is 0 Å². The number of benzene rings is 1. The van der Waals surface area contributed by atoms with E-state index >= 15 is 0 Å². The minimum atomic E-state index is -0.613. The van der Waals surface area contributed by atoms with Gasteiger partial charge < -0.3 is 11.5 Å². The van der Waals surface area contributed by atoms with Gasteiger partial charge in [0, 0.05) is 0 Å². The second-order valence-corrected chi connectivity index (χ2v) is 7.18. The number of hydrogen-bond donors (Lipinski definition) is 2.